The number of nitrogens with one attached hydrogen (secondary N) is 1. The van der Waals surface area contributed by atoms with E-state index < -0.39 is 11.0 Å². The van der Waals surface area contributed by atoms with Gasteiger partial charge in [0.05, 0.1) is 16.8 Å². The van der Waals surface area contributed by atoms with Gasteiger partial charge in [0, 0.05) is 5.54 Å². The number of carbonyl (C=O) groups is 1. The molecule has 4 nitrogen and oxygen atoms in total. The molecule has 18 heavy (non-hydrogen) atoms. The number of hydrogen-bond donors (Lipinski definition) is 2. The summed E-state index contributed by atoms with van der Waals surface area (Å²) in [7, 11) is 0. The maximum Gasteiger partial charge on any atom is 0.231 e. The van der Waals surface area contributed by atoms with Crippen LogP contribution in [0.5, 0.6) is 0 Å². The van der Waals surface area contributed by atoms with E-state index in [1.54, 1.807) is 6.07 Å². The first kappa shape index (κ1) is 15.1. The Kier molecular flexibility index (Phi) is 4.18. The molecule has 1 aromatic rings. The van der Waals surface area contributed by atoms with Crippen molar-refractivity contribution in [2.75, 3.05) is 5.32 Å². The normalized spacial score (nSPS) is 12.4. The van der Waals surface area contributed by atoms with E-state index in [-0.39, 0.29) is 5.91 Å². The molecule has 3 N–H and O–H groups in total. The van der Waals surface area contributed by atoms with Crippen LogP contribution < -0.4 is 11.1 Å². The summed E-state index contributed by atoms with van der Waals surface area (Å²) in [5.74, 6) is -0.109. The molecule has 0 aliphatic heterocycles. The third-order valence-corrected chi connectivity index (χ3v) is 3.92. The number of nitrogens with zero attached hydrogens (tertiary/aromatic N) is 1. The summed E-state index contributed by atoms with van der Waals surface area (Å²) in [6, 6.07) is 3.62. The molecule has 0 unspecified atom stereocenters. The van der Waals surface area contributed by atoms with Crippen LogP contribution in [0.25, 0.3) is 0 Å². The molecule has 0 fully saturated rings. The Labute approximate surface area is 116 Å². The summed E-state index contributed by atoms with van der Waals surface area (Å²) >= 11 is 3.29. The van der Waals surface area contributed by atoms with Gasteiger partial charge in [-0.25, -0.2) is 4.98 Å². The Balaban J connectivity index is 2.95. The second-order valence-electron chi connectivity index (χ2n) is 5.57. The minimum absolute atomic E-state index is 0.109. The predicted octanol–water partition coefficient (Wildman–Crippen LogP) is 2.85. The Bertz CT molecular complexity index is 464. The lowest BCUT2D eigenvalue weighted by molar-refractivity contribution is -0.126. The van der Waals surface area contributed by atoms with Crippen LogP contribution in [0.4, 0.5) is 5.69 Å². The van der Waals surface area contributed by atoms with Crippen LogP contribution in [0.1, 0.15) is 33.4 Å². The van der Waals surface area contributed by atoms with Gasteiger partial charge in [-0.3, -0.25) is 4.79 Å². The van der Waals surface area contributed by atoms with Gasteiger partial charge in [-0.05, 0) is 62.7 Å². The first-order chi connectivity index (χ1) is 8.05. The smallest absolute Gasteiger partial charge is 0.231 e. The first-order valence-corrected chi connectivity index (χ1v) is 6.58. The summed E-state index contributed by atoms with van der Waals surface area (Å²) in [6.45, 7) is 9.22. The summed E-state index contributed by atoms with van der Waals surface area (Å²) in [5.41, 5.74) is 6.24. The van der Waals surface area contributed by atoms with Crippen molar-refractivity contribution in [2.24, 2.45) is 11.1 Å². The van der Waals surface area contributed by atoms with Crippen LogP contribution >= 0.6 is 15.9 Å². The molecular weight excluding hydrogens is 294 g/mol. The lowest BCUT2D eigenvalue weighted by atomic mass is 9.74. The molecule has 0 saturated heterocycles. The molecule has 5 heteroatoms. The fourth-order valence-corrected chi connectivity index (χ4v) is 1.63. The number of halogens is 1. The molecule has 100 valence electrons. The van der Waals surface area contributed by atoms with Crippen LogP contribution in [0.15, 0.2) is 16.7 Å². The van der Waals surface area contributed by atoms with E-state index in [1.807, 2.05) is 40.7 Å². The van der Waals surface area contributed by atoms with Crippen LogP contribution in [-0.2, 0) is 4.79 Å². The van der Waals surface area contributed by atoms with E-state index in [2.05, 4.69) is 26.2 Å². The Morgan fingerprint density at radius 2 is 1.89 bits per heavy atom. The second-order valence-corrected chi connectivity index (χ2v) is 6.38. The van der Waals surface area contributed by atoms with E-state index >= 15 is 0 Å². The molecule has 0 aromatic carbocycles. The van der Waals surface area contributed by atoms with E-state index in [9.17, 15) is 4.79 Å². The third kappa shape index (κ3) is 3.09. The van der Waals surface area contributed by atoms with Crippen molar-refractivity contribution in [1.29, 1.82) is 0 Å². The zero-order valence-corrected chi connectivity index (χ0v) is 13.1. The van der Waals surface area contributed by atoms with Crippen LogP contribution in [-0.4, -0.2) is 16.4 Å². The van der Waals surface area contributed by atoms with Crippen molar-refractivity contribution in [3.8, 4) is 0 Å². The maximum atomic E-state index is 12.3. The number of carbonyl (C=O) groups excluding carboxylic acids is 1. The molecule has 1 amide bonds. The highest BCUT2D eigenvalue weighted by atomic mass is 79.9. The number of pyridine rings is 1. The number of anilines is 1. The molecular formula is C13H20BrN3O. The highest BCUT2D eigenvalue weighted by Gasteiger charge is 2.40. The number of hydrogen-bond acceptors (Lipinski definition) is 3. The van der Waals surface area contributed by atoms with Crippen molar-refractivity contribution in [2.45, 2.75) is 40.2 Å². The number of aryl methyl sites for hydroxylation is 1. The van der Waals surface area contributed by atoms with Crippen molar-refractivity contribution < 1.29 is 4.79 Å². The molecule has 1 rings (SSSR count). The Morgan fingerprint density at radius 1 is 1.33 bits per heavy atom. The van der Waals surface area contributed by atoms with Gasteiger partial charge < -0.3 is 11.1 Å². The largest absolute Gasteiger partial charge is 0.325 e. The van der Waals surface area contributed by atoms with E-state index in [4.69, 9.17) is 5.73 Å². The van der Waals surface area contributed by atoms with E-state index in [1.165, 1.54) is 0 Å². The minimum atomic E-state index is -0.674. The van der Waals surface area contributed by atoms with Gasteiger partial charge in [0.15, 0.2) is 0 Å². The number of rotatable bonds is 3. The number of nitrogens with two attached hydrogens (primary N) is 1. The molecule has 0 saturated carbocycles. The fourth-order valence-electron chi connectivity index (χ4n) is 1.23. The van der Waals surface area contributed by atoms with Crippen LogP contribution in [0.2, 0.25) is 0 Å². The Hall–Kier alpha value is -0.940. The SMILES string of the molecule is Cc1nc(Br)ccc1NC(=O)C(C)(C)C(C)(C)N. The van der Waals surface area contributed by atoms with Gasteiger partial charge in [0.25, 0.3) is 0 Å². The molecule has 0 bridgehead atoms. The van der Waals surface area contributed by atoms with Gasteiger partial charge in [-0.2, -0.15) is 0 Å². The number of aromatic nitrogens is 1. The molecule has 1 heterocycles. The lowest BCUT2D eigenvalue weighted by Gasteiger charge is -2.36. The molecule has 0 spiro atoms. The number of amides is 1. The van der Waals surface area contributed by atoms with Crippen LogP contribution in [0, 0.1) is 12.3 Å². The predicted molar refractivity (Wildman–Crippen MR) is 77.4 cm³/mol. The fraction of sp³-hybridized carbons (Fsp3) is 0.538. The average Bonchev–Trinajstić information content (AvgIpc) is 2.20. The monoisotopic (exact) mass is 313 g/mol. The van der Waals surface area contributed by atoms with Gasteiger partial charge in [-0.15, -0.1) is 0 Å². The maximum absolute atomic E-state index is 12.3. The summed E-state index contributed by atoms with van der Waals surface area (Å²) < 4.78 is 0.747. The van der Waals surface area contributed by atoms with Crippen LogP contribution in [0.3, 0.4) is 0 Å². The highest BCUT2D eigenvalue weighted by Crippen LogP contribution is 2.30. The molecule has 0 atom stereocenters. The van der Waals surface area contributed by atoms with Crippen molar-refractivity contribution in [1.82, 2.24) is 4.98 Å². The van der Waals surface area contributed by atoms with Crippen molar-refractivity contribution in [3.63, 3.8) is 0 Å². The summed E-state index contributed by atoms with van der Waals surface area (Å²) in [5, 5.41) is 2.88. The first-order valence-electron chi connectivity index (χ1n) is 5.79. The van der Waals surface area contributed by atoms with E-state index in [0.29, 0.717) is 5.69 Å². The minimum Gasteiger partial charge on any atom is -0.325 e. The molecule has 0 aliphatic rings. The molecule has 1 aromatic heterocycles. The summed E-state index contributed by atoms with van der Waals surface area (Å²) in [6.07, 6.45) is 0. The zero-order valence-electron chi connectivity index (χ0n) is 11.5. The third-order valence-electron chi connectivity index (χ3n) is 3.48. The van der Waals surface area contributed by atoms with E-state index in [0.717, 1.165) is 10.3 Å². The standard InChI is InChI=1S/C13H20BrN3O/c1-8-9(6-7-10(14)16-8)17-11(18)12(2,3)13(4,5)15/h6-7H,15H2,1-5H3,(H,17,18). The topological polar surface area (TPSA) is 68.0 Å². The lowest BCUT2D eigenvalue weighted by Crippen LogP contribution is -2.53. The van der Waals surface area contributed by atoms with Gasteiger partial charge >= 0.3 is 0 Å². The molecule has 0 radical (unpaired) electrons. The van der Waals surface area contributed by atoms with Gasteiger partial charge in [-0.1, -0.05) is 0 Å². The zero-order chi connectivity index (χ0) is 14.1. The second kappa shape index (κ2) is 4.97. The Morgan fingerprint density at radius 3 is 2.33 bits per heavy atom. The summed E-state index contributed by atoms with van der Waals surface area (Å²) in [4.78, 5) is 16.5. The highest BCUT2D eigenvalue weighted by molar-refractivity contribution is 9.10. The average molecular weight is 314 g/mol. The quantitative estimate of drug-likeness (QED) is 0.843. The molecule has 0 aliphatic carbocycles. The van der Waals surface area contributed by atoms with Gasteiger partial charge in [0.1, 0.15) is 4.60 Å². The van der Waals surface area contributed by atoms with Crippen molar-refractivity contribution >= 4 is 27.5 Å². The van der Waals surface area contributed by atoms with Crippen molar-refractivity contribution in [3.05, 3.63) is 22.4 Å². The van der Waals surface area contributed by atoms with Gasteiger partial charge in [0.2, 0.25) is 5.91 Å².